The van der Waals surface area contributed by atoms with Crippen molar-refractivity contribution >= 4 is 78.4 Å². The third-order valence-electron chi connectivity index (χ3n) is 3.30. The van der Waals surface area contributed by atoms with E-state index in [0.717, 1.165) is 12.1 Å². The maximum Gasteiger partial charge on any atom is 0.337 e. The van der Waals surface area contributed by atoms with Gasteiger partial charge in [0.2, 0.25) is 0 Å². The molecule has 0 aliphatic heterocycles. The lowest BCUT2D eigenvalue weighted by Gasteiger charge is -2.12. The van der Waals surface area contributed by atoms with Crippen LogP contribution in [0.3, 0.4) is 0 Å². The van der Waals surface area contributed by atoms with Crippen molar-refractivity contribution in [1.29, 1.82) is 0 Å². The first-order valence-corrected chi connectivity index (χ1v) is 11.4. The molecule has 29 heavy (non-hydrogen) atoms. The maximum absolute atomic E-state index is 12.5. The average molecular weight is 523 g/mol. The number of aromatic carboxylic acids is 2. The van der Waals surface area contributed by atoms with Crippen LogP contribution in [0.4, 0.5) is 0 Å². The second kappa shape index (κ2) is 8.26. The van der Waals surface area contributed by atoms with Crippen LogP contribution in [0.2, 0.25) is 20.1 Å². The first-order chi connectivity index (χ1) is 13.2. The summed E-state index contributed by atoms with van der Waals surface area (Å²) in [6.07, 6.45) is 0. The van der Waals surface area contributed by atoms with Gasteiger partial charge in [-0.1, -0.05) is 46.4 Å². The van der Waals surface area contributed by atoms with Gasteiger partial charge in [-0.05, 0) is 24.3 Å². The Bertz CT molecular complexity index is 1160. The molecule has 0 spiro atoms. The second-order valence-electron chi connectivity index (χ2n) is 5.23. The lowest BCUT2D eigenvalue weighted by atomic mass is 10.2. The number of carboxylic acids is 2. The third kappa shape index (κ3) is 4.94. The fourth-order valence-corrected chi connectivity index (χ4v) is 6.62. The standard InChI is InChI=1S/C14H7Cl4NO8S2/c15-7-3-9(17)11(1-5(7)13(20)21)28(24,25)19-29(26,27)12-2-6(14(22)23)8(16)4-10(12)18/h1-4,19H,(H,20,21)(H,22,23). The monoisotopic (exact) mass is 521 g/mol. The predicted molar refractivity (Wildman–Crippen MR) is 104 cm³/mol. The Morgan fingerprint density at radius 1 is 0.655 bits per heavy atom. The average Bonchev–Trinajstić information content (AvgIpc) is 2.52. The van der Waals surface area contributed by atoms with Crippen LogP contribution in [0.1, 0.15) is 20.7 Å². The minimum atomic E-state index is -4.96. The van der Waals surface area contributed by atoms with Crippen LogP contribution in [-0.4, -0.2) is 39.0 Å². The Balaban J connectivity index is 2.61. The van der Waals surface area contributed by atoms with E-state index in [1.807, 2.05) is 0 Å². The van der Waals surface area contributed by atoms with Gasteiger partial charge in [0.15, 0.2) is 0 Å². The molecule has 2 rings (SSSR count). The van der Waals surface area contributed by atoms with Crippen molar-refractivity contribution in [2.75, 3.05) is 0 Å². The first kappa shape index (κ1) is 23.7. The molecule has 0 aliphatic carbocycles. The molecule has 0 bridgehead atoms. The van der Waals surface area contributed by atoms with E-state index in [0.29, 0.717) is 12.1 Å². The molecule has 15 heteroatoms. The van der Waals surface area contributed by atoms with Crippen molar-refractivity contribution in [3.05, 3.63) is 55.5 Å². The molecule has 0 fully saturated rings. The summed E-state index contributed by atoms with van der Waals surface area (Å²) < 4.78 is 51.4. The molecule has 0 aromatic heterocycles. The van der Waals surface area contributed by atoms with E-state index in [1.54, 1.807) is 0 Å². The first-order valence-electron chi connectivity index (χ1n) is 6.90. The van der Waals surface area contributed by atoms with Crippen LogP contribution in [0.5, 0.6) is 0 Å². The number of sulfonamides is 2. The van der Waals surface area contributed by atoms with Crippen molar-refractivity contribution in [3.8, 4) is 0 Å². The van der Waals surface area contributed by atoms with E-state index in [9.17, 15) is 26.4 Å². The van der Waals surface area contributed by atoms with Crippen LogP contribution in [0.25, 0.3) is 0 Å². The summed E-state index contributed by atoms with van der Waals surface area (Å²) in [7, 11) is -9.92. The largest absolute Gasteiger partial charge is 0.478 e. The number of hydrogen-bond acceptors (Lipinski definition) is 6. The molecule has 0 unspecified atom stereocenters. The Kier molecular flexibility index (Phi) is 6.75. The van der Waals surface area contributed by atoms with Gasteiger partial charge in [0, 0.05) is 0 Å². The fourth-order valence-electron chi connectivity index (χ4n) is 2.03. The van der Waals surface area contributed by atoms with Crippen molar-refractivity contribution in [2.24, 2.45) is 0 Å². The summed E-state index contributed by atoms with van der Waals surface area (Å²) in [5, 5.41) is 16.2. The van der Waals surface area contributed by atoms with Crippen LogP contribution in [0, 0.1) is 0 Å². The number of halogens is 4. The molecule has 3 N–H and O–H groups in total. The van der Waals surface area contributed by atoms with Crippen molar-refractivity contribution in [2.45, 2.75) is 9.79 Å². The molecule has 0 atom stereocenters. The number of carbonyl (C=O) groups is 2. The molecular weight excluding hydrogens is 516 g/mol. The Morgan fingerprint density at radius 3 is 1.24 bits per heavy atom. The highest BCUT2D eigenvalue weighted by atomic mass is 35.5. The summed E-state index contributed by atoms with van der Waals surface area (Å²) in [4.78, 5) is 20.5. The summed E-state index contributed by atoms with van der Waals surface area (Å²) in [5.74, 6) is -3.17. The van der Waals surface area contributed by atoms with Crippen molar-refractivity contribution < 1.29 is 36.6 Å². The number of benzene rings is 2. The van der Waals surface area contributed by atoms with E-state index in [4.69, 9.17) is 56.6 Å². The lowest BCUT2D eigenvalue weighted by Crippen LogP contribution is -2.31. The number of carboxylic acid groups (broad SMARTS) is 2. The normalized spacial score (nSPS) is 12.0. The summed E-state index contributed by atoms with van der Waals surface area (Å²) in [6.45, 7) is 0. The number of hydrogen-bond donors (Lipinski definition) is 3. The molecule has 2 aromatic rings. The number of rotatable bonds is 6. The van der Waals surface area contributed by atoms with Gasteiger partial charge < -0.3 is 10.2 Å². The van der Waals surface area contributed by atoms with Gasteiger partial charge in [-0.3, -0.25) is 0 Å². The zero-order valence-electron chi connectivity index (χ0n) is 13.5. The molecule has 0 saturated heterocycles. The van der Waals surface area contributed by atoms with Gasteiger partial charge in [-0.25, -0.2) is 26.4 Å². The highest BCUT2D eigenvalue weighted by Crippen LogP contribution is 2.32. The van der Waals surface area contributed by atoms with Gasteiger partial charge in [0.25, 0.3) is 20.0 Å². The Morgan fingerprint density at radius 2 is 0.966 bits per heavy atom. The maximum atomic E-state index is 12.5. The van der Waals surface area contributed by atoms with E-state index < -0.39 is 62.9 Å². The highest BCUT2D eigenvalue weighted by Gasteiger charge is 2.31. The van der Waals surface area contributed by atoms with Gasteiger partial charge >= 0.3 is 11.9 Å². The predicted octanol–water partition coefficient (Wildman–Crippen LogP) is 3.36. The molecule has 0 amide bonds. The molecule has 0 aliphatic rings. The SMILES string of the molecule is O=C(O)c1cc(S(=O)(=O)NS(=O)(=O)c2cc(C(=O)O)c(Cl)cc2Cl)c(Cl)cc1Cl. The van der Waals surface area contributed by atoms with Crippen molar-refractivity contribution in [3.63, 3.8) is 0 Å². The molecular formula is C14H7Cl4NO8S2. The van der Waals surface area contributed by atoms with E-state index >= 15 is 0 Å². The second-order valence-corrected chi connectivity index (χ2v) is 10.4. The van der Waals surface area contributed by atoms with E-state index in [-0.39, 0.29) is 10.0 Å². The van der Waals surface area contributed by atoms with Gasteiger partial charge in [0.1, 0.15) is 9.79 Å². The highest BCUT2D eigenvalue weighted by molar-refractivity contribution is 8.04. The lowest BCUT2D eigenvalue weighted by molar-refractivity contribution is 0.0686. The van der Waals surface area contributed by atoms with E-state index in [2.05, 4.69) is 0 Å². The fraction of sp³-hybridized carbons (Fsp3) is 0. The van der Waals surface area contributed by atoms with Gasteiger partial charge in [0.05, 0.1) is 31.2 Å². The summed E-state index contributed by atoms with van der Waals surface area (Å²) in [5.41, 5.74) is -1.29. The Labute approximate surface area is 183 Å². The third-order valence-corrected chi connectivity index (χ3v) is 8.37. The molecule has 0 radical (unpaired) electrons. The van der Waals surface area contributed by atoms with E-state index in [1.165, 1.54) is 4.13 Å². The number of nitrogens with one attached hydrogen (secondary N) is 1. The topological polar surface area (TPSA) is 155 Å². The van der Waals surface area contributed by atoms with Crippen LogP contribution >= 0.6 is 46.4 Å². The molecule has 0 saturated carbocycles. The van der Waals surface area contributed by atoms with Crippen LogP contribution < -0.4 is 4.13 Å². The van der Waals surface area contributed by atoms with Gasteiger partial charge in [-0.15, -0.1) is 4.13 Å². The smallest absolute Gasteiger partial charge is 0.337 e. The Hall–Kier alpha value is -1.60. The summed E-state index contributed by atoms with van der Waals surface area (Å²) >= 11 is 22.9. The molecule has 9 nitrogen and oxygen atoms in total. The zero-order valence-corrected chi connectivity index (χ0v) is 18.1. The molecule has 156 valence electrons. The van der Waals surface area contributed by atoms with Crippen LogP contribution in [0.15, 0.2) is 34.1 Å². The molecule has 0 heterocycles. The quantitative estimate of drug-likeness (QED) is 0.521. The summed E-state index contributed by atoms with van der Waals surface area (Å²) in [6, 6.07) is 2.76. The van der Waals surface area contributed by atoms with Crippen molar-refractivity contribution in [1.82, 2.24) is 4.13 Å². The zero-order chi connectivity index (χ0) is 22.3. The minimum absolute atomic E-state index is 0.379. The minimum Gasteiger partial charge on any atom is -0.478 e. The molecule has 2 aromatic carbocycles. The van der Waals surface area contributed by atoms with Gasteiger partial charge in [-0.2, -0.15) is 0 Å². The van der Waals surface area contributed by atoms with Crippen LogP contribution in [-0.2, 0) is 20.0 Å².